The fourth-order valence-corrected chi connectivity index (χ4v) is 2.29. The summed E-state index contributed by atoms with van der Waals surface area (Å²) in [6.45, 7) is 6.04. The Morgan fingerprint density at radius 3 is 2.65 bits per heavy atom. The highest BCUT2D eigenvalue weighted by Gasteiger charge is 2.33. The zero-order valence-corrected chi connectivity index (χ0v) is 11.3. The molecule has 1 heterocycles. The summed E-state index contributed by atoms with van der Waals surface area (Å²) in [5.74, 6) is 0.353. The topological polar surface area (TPSA) is 32.3 Å². The zero-order valence-electron chi connectivity index (χ0n) is 10.5. The fraction of sp³-hybridized carbons (Fsp3) is 0.462. The highest BCUT2D eigenvalue weighted by Crippen LogP contribution is 2.37. The van der Waals surface area contributed by atoms with Gasteiger partial charge in [0.25, 0.3) is 0 Å². The van der Waals surface area contributed by atoms with E-state index in [9.17, 15) is 4.79 Å². The Bertz CT molecular complexity index is 471. The van der Waals surface area contributed by atoms with E-state index in [1.807, 2.05) is 40.0 Å². The van der Waals surface area contributed by atoms with Gasteiger partial charge in [-0.3, -0.25) is 4.79 Å². The average molecular weight is 253 g/mol. The predicted octanol–water partition coefficient (Wildman–Crippen LogP) is 3.06. The molecule has 2 rings (SSSR count). The number of anilines is 2. The summed E-state index contributed by atoms with van der Waals surface area (Å²) in [5.41, 5.74) is 2.86. The Morgan fingerprint density at radius 1 is 1.41 bits per heavy atom. The summed E-state index contributed by atoms with van der Waals surface area (Å²) in [6, 6.07) is 3.54. The van der Waals surface area contributed by atoms with Crippen LogP contribution in [0.4, 0.5) is 11.4 Å². The van der Waals surface area contributed by atoms with Crippen LogP contribution in [0, 0.1) is 12.8 Å². The zero-order chi connectivity index (χ0) is 12.7. The lowest BCUT2D eigenvalue weighted by Gasteiger charge is -2.36. The van der Waals surface area contributed by atoms with Gasteiger partial charge in [-0.15, -0.1) is 0 Å². The van der Waals surface area contributed by atoms with Gasteiger partial charge in [-0.2, -0.15) is 0 Å². The van der Waals surface area contributed by atoms with Gasteiger partial charge in [0, 0.05) is 12.1 Å². The number of hydrogen-bond donors (Lipinski definition) is 1. The van der Waals surface area contributed by atoms with Gasteiger partial charge >= 0.3 is 0 Å². The third-order valence-electron chi connectivity index (χ3n) is 3.30. The second-order valence-corrected chi connectivity index (χ2v) is 5.24. The minimum absolute atomic E-state index is 0.106. The van der Waals surface area contributed by atoms with E-state index >= 15 is 0 Å². The Labute approximate surface area is 107 Å². The molecule has 1 aliphatic rings. The lowest BCUT2D eigenvalue weighted by Crippen LogP contribution is -2.48. The molecule has 1 N–H and O–H groups in total. The molecule has 0 aromatic heterocycles. The fourth-order valence-electron chi connectivity index (χ4n) is 2.13. The lowest BCUT2D eigenvalue weighted by molar-refractivity contribution is -0.120. The molecule has 0 saturated carbocycles. The smallest absolute Gasteiger partial charge is 0.249 e. The summed E-state index contributed by atoms with van der Waals surface area (Å²) in [7, 11) is 1.81. The lowest BCUT2D eigenvalue weighted by atomic mass is 9.98. The molecule has 1 aromatic carbocycles. The van der Waals surface area contributed by atoms with E-state index in [4.69, 9.17) is 11.6 Å². The van der Waals surface area contributed by atoms with Crippen molar-refractivity contribution in [1.82, 2.24) is 0 Å². The molecule has 0 saturated heterocycles. The maximum absolute atomic E-state index is 12.2. The Hall–Kier alpha value is -1.22. The van der Waals surface area contributed by atoms with Crippen molar-refractivity contribution in [3.05, 3.63) is 22.7 Å². The standard InChI is InChI=1S/C13H17ClN2O/c1-7(2)11-13(17)16(4)10-6-5-9(14)8(3)12(10)15-11/h5-7,11,15H,1-4H3. The quantitative estimate of drug-likeness (QED) is 0.833. The van der Waals surface area contributed by atoms with Crippen molar-refractivity contribution in [2.45, 2.75) is 26.8 Å². The first-order valence-electron chi connectivity index (χ1n) is 5.76. The van der Waals surface area contributed by atoms with Crippen molar-refractivity contribution in [2.75, 3.05) is 17.3 Å². The minimum Gasteiger partial charge on any atom is -0.372 e. The van der Waals surface area contributed by atoms with E-state index in [0.29, 0.717) is 0 Å². The molecule has 0 aliphatic carbocycles. The Morgan fingerprint density at radius 2 is 2.06 bits per heavy atom. The van der Waals surface area contributed by atoms with Gasteiger partial charge in [0.15, 0.2) is 0 Å². The van der Waals surface area contributed by atoms with Crippen molar-refractivity contribution >= 4 is 28.9 Å². The number of halogens is 1. The maximum atomic E-state index is 12.2. The van der Waals surface area contributed by atoms with Crippen LogP contribution in [0.1, 0.15) is 19.4 Å². The third kappa shape index (κ3) is 1.89. The van der Waals surface area contributed by atoms with Crippen LogP contribution in [0.25, 0.3) is 0 Å². The number of amides is 1. The SMILES string of the molecule is Cc1c(Cl)ccc2c1NC(C(C)C)C(=O)N2C. The van der Waals surface area contributed by atoms with Gasteiger partial charge in [-0.25, -0.2) is 0 Å². The third-order valence-corrected chi connectivity index (χ3v) is 3.71. The number of nitrogens with zero attached hydrogens (tertiary/aromatic N) is 1. The summed E-state index contributed by atoms with van der Waals surface area (Å²) < 4.78 is 0. The van der Waals surface area contributed by atoms with Gasteiger partial charge < -0.3 is 10.2 Å². The molecule has 1 aromatic rings. The number of rotatable bonds is 1. The summed E-state index contributed by atoms with van der Waals surface area (Å²) in [4.78, 5) is 13.9. The molecular weight excluding hydrogens is 236 g/mol. The Balaban J connectivity index is 2.53. The number of fused-ring (bicyclic) bond motifs is 1. The first-order chi connectivity index (χ1) is 7.93. The molecule has 3 nitrogen and oxygen atoms in total. The van der Waals surface area contributed by atoms with Crippen LogP contribution in [0.3, 0.4) is 0 Å². The molecule has 92 valence electrons. The number of carbonyl (C=O) groups is 1. The van der Waals surface area contributed by atoms with Crippen LogP contribution in [0.5, 0.6) is 0 Å². The van der Waals surface area contributed by atoms with E-state index in [0.717, 1.165) is 22.0 Å². The molecule has 1 unspecified atom stereocenters. The Kier molecular flexibility index (Phi) is 3.04. The van der Waals surface area contributed by atoms with Gasteiger partial charge in [-0.1, -0.05) is 25.4 Å². The summed E-state index contributed by atoms with van der Waals surface area (Å²) in [6.07, 6.45) is 0. The monoisotopic (exact) mass is 252 g/mol. The van der Waals surface area contributed by atoms with Crippen molar-refractivity contribution in [1.29, 1.82) is 0 Å². The second kappa shape index (κ2) is 4.22. The number of likely N-dealkylation sites (N-methyl/N-ethyl adjacent to an activating group) is 1. The summed E-state index contributed by atoms with van der Waals surface area (Å²) in [5, 5.41) is 4.03. The first kappa shape index (κ1) is 12.2. The minimum atomic E-state index is -0.176. The van der Waals surface area contributed by atoms with Crippen molar-refractivity contribution in [3.63, 3.8) is 0 Å². The van der Waals surface area contributed by atoms with Crippen molar-refractivity contribution in [2.24, 2.45) is 5.92 Å². The van der Waals surface area contributed by atoms with E-state index in [1.165, 1.54) is 0 Å². The molecule has 0 radical (unpaired) electrons. The molecule has 0 fully saturated rings. The van der Waals surface area contributed by atoms with Gasteiger partial charge in [-0.05, 0) is 30.5 Å². The second-order valence-electron chi connectivity index (χ2n) is 4.83. The molecule has 0 bridgehead atoms. The number of benzene rings is 1. The van der Waals surface area contributed by atoms with E-state index in [-0.39, 0.29) is 17.9 Å². The van der Waals surface area contributed by atoms with E-state index in [2.05, 4.69) is 5.32 Å². The molecule has 4 heteroatoms. The highest BCUT2D eigenvalue weighted by atomic mass is 35.5. The molecule has 0 spiro atoms. The number of nitrogens with one attached hydrogen (secondary N) is 1. The van der Waals surface area contributed by atoms with Crippen LogP contribution in [-0.2, 0) is 4.79 Å². The maximum Gasteiger partial charge on any atom is 0.249 e. The molecule has 1 aliphatic heterocycles. The van der Waals surface area contributed by atoms with Crippen LogP contribution >= 0.6 is 11.6 Å². The van der Waals surface area contributed by atoms with E-state index < -0.39 is 0 Å². The first-order valence-corrected chi connectivity index (χ1v) is 6.14. The molecule has 1 amide bonds. The summed E-state index contributed by atoms with van der Waals surface area (Å²) >= 11 is 6.11. The van der Waals surface area contributed by atoms with Crippen LogP contribution in [-0.4, -0.2) is 19.0 Å². The number of hydrogen-bond acceptors (Lipinski definition) is 2. The highest BCUT2D eigenvalue weighted by molar-refractivity contribution is 6.32. The van der Waals surface area contributed by atoms with Crippen LogP contribution < -0.4 is 10.2 Å². The normalized spacial score (nSPS) is 19.3. The van der Waals surface area contributed by atoms with Crippen LogP contribution in [0.15, 0.2) is 12.1 Å². The number of carbonyl (C=O) groups excluding carboxylic acids is 1. The van der Waals surface area contributed by atoms with E-state index in [1.54, 1.807) is 4.90 Å². The largest absolute Gasteiger partial charge is 0.372 e. The van der Waals surface area contributed by atoms with Gasteiger partial charge in [0.05, 0.1) is 11.4 Å². The van der Waals surface area contributed by atoms with Gasteiger partial charge in [0.2, 0.25) is 5.91 Å². The van der Waals surface area contributed by atoms with Gasteiger partial charge in [0.1, 0.15) is 6.04 Å². The molecule has 1 atom stereocenters. The van der Waals surface area contributed by atoms with Crippen molar-refractivity contribution < 1.29 is 4.79 Å². The molecule has 17 heavy (non-hydrogen) atoms. The molecular formula is C13H17ClN2O. The van der Waals surface area contributed by atoms with Crippen molar-refractivity contribution in [3.8, 4) is 0 Å². The predicted molar refractivity (Wildman–Crippen MR) is 71.8 cm³/mol. The van der Waals surface area contributed by atoms with Crippen LogP contribution in [0.2, 0.25) is 5.02 Å². The average Bonchev–Trinajstić information content (AvgIpc) is 2.28.